The van der Waals surface area contributed by atoms with E-state index >= 15 is 0 Å². The predicted octanol–water partition coefficient (Wildman–Crippen LogP) is 3.49. The van der Waals surface area contributed by atoms with Crippen LogP contribution >= 0.6 is 0 Å². The second-order valence-electron chi connectivity index (χ2n) is 6.83. The van der Waals surface area contributed by atoms with Gasteiger partial charge in [0.2, 0.25) is 0 Å². The van der Waals surface area contributed by atoms with Gasteiger partial charge in [-0.2, -0.15) is 8.78 Å². The zero-order valence-electron chi connectivity index (χ0n) is 15.3. The average Bonchev–Trinajstić information content (AvgIpc) is 2.90. The van der Waals surface area contributed by atoms with Crippen LogP contribution in [0.25, 0.3) is 0 Å². The smallest absolute Gasteiger partial charge is 0.387 e. The topological polar surface area (TPSA) is 46.1 Å². The fraction of sp³-hybridized carbons (Fsp3) is 0.611. The molecule has 1 aliphatic rings. The van der Waals surface area contributed by atoms with Crippen LogP contribution in [0.3, 0.4) is 0 Å². The van der Waals surface area contributed by atoms with Crippen LogP contribution in [0.1, 0.15) is 32.8 Å². The van der Waals surface area contributed by atoms with E-state index in [4.69, 9.17) is 4.74 Å². The molecule has 0 aliphatic carbocycles. The second kappa shape index (κ2) is 8.36. The molecule has 140 valence electrons. The Morgan fingerprint density at radius 2 is 2.12 bits per heavy atom. The Morgan fingerprint density at radius 3 is 2.68 bits per heavy atom. The number of rotatable bonds is 6. The Kier molecular flexibility index (Phi) is 6.45. The molecular formula is C18H27F2N3O2. The molecular weight excluding hydrogens is 328 g/mol. The van der Waals surface area contributed by atoms with Crippen molar-refractivity contribution in [3.63, 3.8) is 0 Å². The quantitative estimate of drug-likeness (QED) is 0.627. The van der Waals surface area contributed by atoms with Crippen LogP contribution in [0.5, 0.6) is 11.5 Å². The van der Waals surface area contributed by atoms with E-state index in [1.807, 2.05) is 0 Å². The molecule has 0 radical (unpaired) electrons. The van der Waals surface area contributed by atoms with Crippen molar-refractivity contribution in [2.75, 3.05) is 26.7 Å². The maximum Gasteiger partial charge on any atom is 0.387 e. The second-order valence-corrected chi connectivity index (χ2v) is 6.83. The Hall–Kier alpha value is -2.05. The third kappa shape index (κ3) is 5.47. The lowest BCUT2D eigenvalue weighted by atomic mass is 9.93. The molecule has 1 N–H and O–H groups in total. The molecule has 5 nitrogen and oxygen atoms in total. The minimum absolute atomic E-state index is 0.0475. The van der Waals surface area contributed by atoms with Crippen molar-refractivity contribution in [2.24, 2.45) is 10.4 Å². The van der Waals surface area contributed by atoms with Crippen LogP contribution in [0.4, 0.5) is 8.78 Å². The van der Waals surface area contributed by atoms with Crippen molar-refractivity contribution in [1.82, 2.24) is 10.2 Å². The van der Waals surface area contributed by atoms with Crippen molar-refractivity contribution in [1.29, 1.82) is 0 Å². The van der Waals surface area contributed by atoms with E-state index in [0.717, 1.165) is 31.0 Å². The first-order chi connectivity index (χ1) is 11.8. The van der Waals surface area contributed by atoms with E-state index in [1.165, 1.54) is 6.07 Å². The van der Waals surface area contributed by atoms with Gasteiger partial charge in [0.05, 0.1) is 6.61 Å². The lowest BCUT2D eigenvalue weighted by Gasteiger charge is -2.24. The van der Waals surface area contributed by atoms with Gasteiger partial charge in [-0.25, -0.2) is 0 Å². The molecule has 0 spiro atoms. The summed E-state index contributed by atoms with van der Waals surface area (Å²) in [6.45, 7) is 6.25. The maximum atomic E-state index is 12.5. The summed E-state index contributed by atoms with van der Waals surface area (Å²) in [5.74, 6) is 1.21. The molecule has 1 aromatic carbocycles. The van der Waals surface area contributed by atoms with Crippen LogP contribution in [0.2, 0.25) is 0 Å². The summed E-state index contributed by atoms with van der Waals surface area (Å²) in [5, 5.41) is 3.33. The molecule has 1 saturated heterocycles. The van der Waals surface area contributed by atoms with Gasteiger partial charge in [0.15, 0.2) is 17.5 Å². The number of benzene rings is 1. The van der Waals surface area contributed by atoms with Gasteiger partial charge in [0.25, 0.3) is 0 Å². The fourth-order valence-electron chi connectivity index (χ4n) is 2.93. The number of ether oxygens (including phenoxy) is 2. The normalized spacial score (nSPS) is 17.1. The number of nitrogens with one attached hydrogen (secondary N) is 1. The van der Waals surface area contributed by atoms with E-state index in [-0.39, 0.29) is 11.2 Å². The first kappa shape index (κ1) is 19.3. The highest BCUT2D eigenvalue weighted by molar-refractivity contribution is 5.80. The molecule has 7 heteroatoms. The van der Waals surface area contributed by atoms with Crippen molar-refractivity contribution in [3.05, 3.63) is 23.8 Å². The minimum atomic E-state index is -2.87. The van der Waals surface area contributed by atoms with Gasteiger partial charge < -0.3 is 19.7 Å². The molecule has 0 bridgehead atoms. The molecule has 0 saturated carbocycles. The van der Waals surface area contributed by atoms with Crippen LogP contribution in [-0.4, -0.2) is 44.2 Å². The molecule has 0 atom stereocenters. The minimum Gasteiger partial charge on any atom is -0.490 e. The molecule has 0 amide bonds. The van der Waals surface area contributed by atoms with E-state index < -0.39 is 6.61 Å². The van der Waals surface area contributed by atoms with Gasteiger partial charge in [0.1, 0.15) is 0 Å². The molecule has 25 heavy (non-hydrogen) atoms. The molecule has 1 aromatic rings. The summed E-state index contributed by atoms with van der Waals surface area (Å²) in [6, 6.07) is 4.97. The first-order valence-corrected chi connectivity index (χ1v) is 8.51. The predicted molar refractivity (Wildman–Crippen MR) is 94.4 cm³/mol. The Bertz CT molecular complexity index is 606. The van der Waals surface area contributed by atoms with Gasteiger partial charge in [-0.15, -0.1) is 0 Å². The number of hydrogen-bond donors (Lipinski definition) is 1. The monoisotopic (exact) mass is 355 g/mol. The number of aliphatic imine (C=N–C) groups is 1. The highest BCUT2D eigenvalue weighted by Crippen LogP contribution is 2.30. The lowest BCUT2D eigenvalue weighted by Crippen LogP contribution is -2.40. The first-order valence-electron chi connectivity index (χ1n) is 8.51. The Morgan fingerprint density at radius 1 is 1.36 bits per heavy atom. The van der Waals surface area contributed by atoms with Gasteiger partial charge in [0, 0.05) is 26.7 Å². The summed E-state index contributed by atoms with van der Waals surface area (Å²) in [7, 11) is 1.76. The molecule has 0 unspecified atom stereocenters. The van der Waals surface area contributed by atoms with Gasteiger partial charge in [-0.05, 0) is 36.5 Å². The van der Waals surface area contributed by atoms with Crippen molar-refractivity contribution < 1.29 is 18.3 Å². The van der Waals surface area contributed by atoms with Gasteiger partial charge >= 0.3 is 6.61 Å². The largest absolute Gasteiger partial charge is 0.490 e. The number of guanidine groups is 1. The number of nitrogens with zero attached hydrogens (tertiary/aromatic N) is 2. The Balaban J connectivity index is 2.03. The maximum absolute atomic E-state index is 12.5. The zero-order chi connectivity index (χ0) is 18.4. The summed E-state index contributed by atoms with van der Waals surface area (Å²) in [4.78, 5) is 6.58. The van der Waals surface area contributed by atoms with Gasteiger partial charge in [-0.3, -0.25) is 4.99 Å². The SMILES string of the molecule is CCOc1cc(CNC(=NC)N2CCC(C)(C)C2)ccc1OC(F)F. The zero-order valence-corrected chi connectivity index (χ0v) is 15.3. The van der Waals surface area contributed by atoms with Crippen LogP contribution in [-0.2, 0) is 6.54 Å². The van der Waals surface area contributed by atoms with Gasteiger partial charge in [-0.1, -0.05) is 19.9 Å². The average molecular weight is 355 g/mol. The highest BCUT2D eigenvalue weighted by Gasteiger charge is 2.30. The number of alkyl halides is 2. The van der Waals surface area contributed by atoms with Crippen molar-refractivity contribution >= 4 is 5.96 Å². The number of halogens is 2. The summed E-state index contributed by atoms with van der Waals surface area (Å²) < 4.78 is 34.8. The third-order valence-corrected chi connectivity index (χ3v) is 4.16. The molecule has 1 heterocycles. The summed E-state index contributed by atoms with van der Waals surface area (Å²) in [6.07, 6.45) is 1.13. The van der Waals surface area contributed by atoms with E-state index in [9.17, 15) is 8.78 Å². The summed E-state index contributed by atoms with van der Waals surface area (Å²) in [5.41, 5.74) is 1.19. The van der Waals surface area contributed by atoms with Crippen LogP contribution < -0.4 is 14.8 Å². The molecule has 1 fully saturated rings. The van der Waals surface area contributed by atoms with Crippen LogP contribution in [0.15, 0.2) is 23.2 Å². The van der Waals surface area contributed by atoms with Crippen molar-refractivity contribution in [2.45, 2.75) is 40.3 Å². The number of likely N-dealkylation sites (tertiary alicyclic amines) is 1. The van der Waals surface area contributed by atoms with Crippen LogP contribution in [0, 0.1) is 5.41 Å². The fourth-order valence-corrected chi connectivity index (χ4v) is 2.93. The molecule has 0 aromatic heterocycles. The molecule has 2 rings (SSSR count). The Labute approximate surface area is 148 Å². The summed E-state index contributed by atoms with van der Waals surface area (Å²) >= 11 is 0. The van der Waals surface area contributed by atoms with Crippen molar-refractivity contribution in [3.8, 4) is 11.5 Å². The van der Waals surface area contributed by atoms with E-state index in [0.29, 0.717) is 18.9 Å². The lowest BCUT2D eigenvalue weighted by molar-refractivity contribution is -0.0514. The molecule has 1 aliphatic heterocycles. The van der Waals surface area contributed by atoms with E-state index in [2.05, 4.69) is 33.8 Å². The highest BCUT2D eigenvalue weighted by atomic mass is 19.3. The third-order valence-electron chi connectivity index (χ3n) is 4.16. The standard InChI is InChI=1S/C18H27F2N3O2/c1-5-24-15-10-13(6-7-14(15)25-16(19)20)11-22-17(21-4)23-9-8-18(2,3)12-23/h6-7,10,16H,5,8-9,11-12H2,1-4H3,(H,21,22). The van der Waals surface area contributed by atoms with E-state index in [1.54, 1.807) is 26.1 Å². The number of hydrogen-bond acceptors (Lipinski definition) is 3.